The Morgan fingerprint density at radius 3 is 2.83 bits per heavy atom. The molecular formula is C18H24N4O2. The molecule has 2 atom stereocenters. The van der Waals surface area contributed by atoms with E-state index in [9.17, 15) is 4.79 Å². The second-order valence-electron chi connectivity index (χ2n) is 6.19. The third-order valence-corrected chi connectivity index (χ3v) is 4.40. The zero-order valence-corrected chi connectivity index (χ0v) is 14.2. The number of piperidine rings is 1. The van der Waals surface area contributed by atoms with Gasteiger partial charge in [0.2, 0.25) is 0 Å². The maximum Gasteiger partial charge on any atom is 0.254 e. The van der Waals surface area contributed by atoms with E-state index in [0.29, 0.717) is 0 Å². The number of carbonyl (C=O) groups excluding carboxylic acids is 1. The van der Waals surface area contributed by atoms with Gasteiger partial charge < -0.3 is 15.0 Å². The molecule has 24 heavy (non-hydrogen) atoms. The summed E-state index contributed by atoms with van der Waals surface area (Å²) in [6.07, 6.45) is 5.33. The molecule has 1 aromatic heterocycles. The van der Waals surface area contributed by atoms with Gasteiger partial charge in [-0.25, -0.2) is 0 Å². The van der Waals surface area contributed by atoms with Gasteiger partial charge in [-0.1, -0.05) is 30.3 Å². The molecule has 1 amide bonds. The van der Waals surface area contributed by atoms with Crippen LogP contribution in [0.15, 0.2) is 42.7 Å². The number of nitrogens with zero attached hydrogens (tertiary/aromatic N) is 3. The minimum absolute atomic E-state index is 0.0817. The first-order valence-corrected chi connectivity index (χ1v) is 8.29. The highest BCUT2D eigenvalue weighted by Gasteiger charge is 2.26. The SMILES string of the molecule is CO[C@@H](C(=O)N[C@H]1CCCN(c2cnn(C)c2)C1)c1ccccc1. The predicted molar refractivity (Wildman–Crippen MR) is 92.8 cm³/mol. The molecule has 1 N–H and O–H groups in total. The molecule has 0 spiro atoms. The summed E-state index contributed by atoms with van der Waals surface area (Å²) in [6.45, 7) is 1.78. The number of rotatable bonds is 5. The first-order chi connectivity index (χ1) is 11.7. The van der Waals surface area contributed by atoms with E-state index in [-0.39, 0.29) is 11.9 Å². The zero-order valence-electron chi connectivity index (χ0n) is 14.2. The molecule has 6 heteroatoms. The summed E-state index contributed by atoms with van der Waals surface area (Å²) in [7, 11) is 3.48. The van der Waals surface area contributed by atoms with Crippen LogP contribution in [0.4, 0.5) is 5.69 Å². The Hall–Kier alpha value is -2.34. The number of aryl methyl sites for hydroxylation is 1. The predicted octanol–water partition coefficient (Wildman–Crippen LogP) is 1.89. The number of hydrogen-bond acceptors (Lipinski definition) is 4. The van der Waals surface area contributed by atoms with Gasteiger partial charge in [0.1, 0.15) is 0 Å². The summed E-state index contributed by atoms with van der Waals surface area (Å²) < 4.78 is 7.22. The minimum Gasteiger partial charge on any atom is -0.367 e. The van der Waals surface area contributed by atoms with Crippen molar-refractivity contribution in [2.24, 2.45) is 7.05 Å². The van der Waals surface area contributed by atoms with E-state index in [2.05, 4.69) is 15.3 Å². The van der Waals surface area contributed by atoms with E-state index in [0.717, 1.165) is 37.2 Å². The minimum atomic E-state index is -0.569. The Morgan fingerprint density at radius 1 is 1.38 bits per heavy atom. The van der Waals surface area contributed by atoms with Crippen molar-refractivity contribution in [3.63, 3.8) is 0 Å². The molecule has 2 heterocycles. The maximum absolute atomic E-state index is 12.6. The highest BCUT2D eigenvalue weighted by molar-refractivity contribution is 5.82. The second kappa shape index (κ2) is 7.49. The van der Waals surface area contributed by atoms with Gasteiger partial charge in [-0.15, -0.1) is 0 Å². The second-order valence-corrected chi connectivity index (χ2v) is 6.19. The number of ether oxygens (including phenoxy) is 1. The summed E-state index contributed by atoms with van der Waals surface area (Å²) >= 11 is 0. The lowest BCUT2D eigenvalue weighted by atomic mass is 10.0. The molecule has 1 aliphatic rings. The summed E-state index contributed by atoms with van der Waals surface area (Å²) in [6, 6.07) is 9.71. The van der Waals surface area contributed by atoms with E-state index < -0.39 is 6.10 Å². The molecule has 1 aromatic carbocycles. The molecule has 1 saturated heterocycles. The Balaban J connectivity index is 1.63. The highest BCUT2D eigenvalue weighted by atomic mass is 16.5. The third-order valence-electron chi connectivity index (χ3n) is 4.40. The lowest BCUT2D eigenvalue weighted by Crippen LogP contribution is -2.49. The molecule has 3 rings (SSSR count). The molecule has 0 radical (unpaired) electrons. The quantitative estimate of drug-likeness (QED) is 0.911. The van der Waals surface area contributed by atoms with Gasteiger partial charge in [-0.05, 0) is 18.4 Å². The molecule has 0 bridgehead atoms. The largest absolute Gasteiger partial charge is 0.367 e. The number of nitrogens with one attached hydrogen (secondary N) is 1. The lowest BCUT2D eigenvalue weighted by Gasteiger charge is -2.34. The maximum atomic E-state index is 12.6. The van der Waals surface area contributed by atoms with Crippen LogP contribution in [0.25, 0.3) is 0 Å². The molecule has 0 unspecified atom stereocenters. The van der Waals surface area contributed by atoms with Gasteiger partial charge in [0, 0.05) is 39.5 Å². The van der Waals surface area contributed by atoms with E-state index in [1.165, 1.54) is 0 Å². The fourth-order valence-electron chi connectivity index (χ4n) is 3.20. The standard InChI is InChI=1S/C18H24N4O2/c1-21-13-16(11-19-21)22-10-6-9-15(12-22)20-18(23)17(24-2)14-7-4-3-5-8-14/h3-5,7-8,11,13,15,17H,6,9-10,12H2,1-2H3,(H,20,23)/t15-,17+/m0/s1. The number of anilines is 1. The fraction of sp³-hybridized carbons (Fsp3) is 0.444. The average Bonchev–Trinajstić information content (AvgIpc) is 3.03. The number of methoxy groups -OCH3 is 1. The number of aromatic nitrogens is 2. The van der Waals surface area contributed by atoms with Crippen molar-refractivity contribution >= 4 is 11.6 Å². The van der Waals surface area contributed by atoms with Crippen LogP contribution < -0.4 is 10.2 Å². The number of amides is 1. The van der Waals surface area contributed by atoms with Crippen LogP contribution in [0.2, 0.25) is 0 Å². The van der Waals surface area contributed by atoms with Crippen LogP contribution in [-0.4, -0.2) is 41.9 Å². The van der Waals surface area contributed by atoms with E-state index in [1.807, 2.05) is 49.8 Å². The summed E-state index contributed by atoms with van der Waals surface area (Å²) in [5.74, 6) is -0.0817. The summed E-state index contributed by atoms with van der Waals surface area (Å²) in [5, 5.41) is 7.37. The fourth-order valence-corrected chi connectivity index (χ4v) is 3.20. The summed E-state index contributed by atoms with van der Waals surface area (Å²) in [5.41, 5.74) is 1.97. The van der Waals surface area contributed by atoms with Gasteiger partial charge >= 0.3 is 0 Å². The number of hydrogen-bond donors (Lipinski definition) is 1. The molecule has 1 aliphatic heterocycles. The summed E-state index contributed by atoms with van der Waals surface area (Å²) in [4.78, 5) is 14.9. The van der Waals surface area contributed by atoms with E-state index >= 15 is 0 Å². The topological polar surface area (TPSA) is 59.4 Å². The normalized spacial score (nSPS) is 19.1. The van der Waals surface area contributed by atoms with Crippen LogP contribution in [-0.2, 0) is 16.6 Å². The van der Waals surface area contributed by atoms with Crippen LogP contribution in [0, 0.1) is 0 Å². The van der Waals surface area contributed by atoms with Gasteiger partial charge in [0.05, 0.1) is 11.9 Å². The van der Waals surface area contributed by atoms with Crippen molar-refractivity contribution < 1.29 is 9.53 Å². The highest BCUT2D eigenvalue weighted by Crippen LogP contribution is 2.21. The van der Waals surface area contributed by atoms with Crippen LogP contribution in [0.1, 0.15) is 24.5 Å². The average molecular weight is 328 g/mol. The van der Waals surface area contributed by atoms with Gasteiger partial charge in [0.15, 0.2) is 6.10 Å². The molecule has 128 valence electrons. The number of benzene rings is 1. The van der Waals surface area contributed by atoms with Gasteiger partial charge in [0.25, 0.3) is 5.91 Å². The molecule has 1 fully saturated rings. The Bertz CT molecular complexity index is 671. The lowest BCUT2D eigenvalue weighted by molar-refractivity contribution is -0.132. The molecular weight excluding hydrogens is 304 g/mol. The van der Waals surface area contributed by atoms with E-state index in [4.69, 9.17) is 4.74 Å². The number of carbonyl (C=O) groups is 1. The van der Waals surface area contributed by atoms with Crippen molar-refractivity contribution in [1.29, 1.82) is 0 Å². The van der Waals surface area contributed by atoms with Crippen LogP contribution in [0.5, 0.6) is 0 Å². The van der Waals surface area contributed by atoms with Crippen LogP contribution in [0.3, 0.4) is 0 Å². The van der Waals surface area contributed by atoms with Gasteiger partial charge in [-0.3, -0.25) is 9.48 Å². The van der Waals surface area contributed by atoms with Crippen molar-refractivity contribution in [1.82, 2.24) is 15.1 Å². The van der Waals surface area contributed by atoms with Crippen LogP contribution >= 0.6 is 0 Å². The van der Waals surface area contributed by atoms with Crippen molar-refractivity contribution in [3.8, 4) is 0 Å². The molecule has 2 aromatic rings. The molecule has 6 nitrogen and oxygen atoms in total. The van der Waals surface area contributed by atoms with Crippen molar-refractivity contribution in [2.75, 3.05) is 25.1 Å². The monoisotopic (exact) mass is 328 g/mol. The third kappa shape index (κ3) is 3.76. The van der Waals surface area contributed by atoms with Crippen molar-refractivity contribution in [2.45, 2.75) is 25.0 Å². The van der Waals surface area contributed by atoms with E-state index in [1.54, 1.807) is 11.8 Å². The Labute approximate surface area is 142 Å². The smallest absolute Gasteiger partial charge is 0.254 e. The Morgan fingerprint density at radius 2 is 2.17 bits per heavy atom. The van der Waals surface area contributed by atoms with Crippen molar-refractivity contribution in [3.05, 3.63) is 48.3 Å². The first kappa shape index (κ1) is 16.5. The molecule has 0 aliphatic carbocycles. The zero-order chi connectivity index (χ0) is 16.9. The Kier molecular flexibility index (Phi) is 5.15. The first-order valence-electron chi connectivity index (χ1n) is 8.29. The van der Waals surface area contributed by atoms with Gasteiger partial charge in [-0.2, -0.15) is 5.10 Å². The molecule has 0 saturated carbocycles.